The normalized spacial score (nSPS) is 23.4. The van der Waals surface area contributed by atoms with Crippen LogP contribution in [-0.4, -0.2) is 23.2 Å². The Morgan fingerprint density at radius 1 is 1.11 bits per heavy atom. The van der Waals surface area contributed by atoms with Gasteiger partial charge in [-0.2, -0.15) is 0 Å². The Morgan fingerprint density at radius 3 is 2.44 bits per heavy atom. The van der Waals surface area contributed by atoms with E-state index in [0.717, 1.165) is 25.7 Å². The number of halogens is 1. The zero-order chi connectivity index (χ0) is 13.0. The minimum absolute atomic E-state index is 0.175. The molecule has 0 heterocycles. The first-order valence-corrected chi connectivity index (χ1v) is 6.56. The van der Waals surface area contributed by atoms with Crippen LogP contribution in [0.1, 0.15) is 36.0 Å². The van der Waals surface area contributed by atoms with Crippen LogP contribution < -0.4 is 0 Å². The number of esters is 1. The van der Waals surface area contributed by atoms with Gasteiger partial charge >= 0.3 is 5.97 Å². The van der Waals surface area contributed by atoms with Gasteiger partial charge in [0.25, 0.3) is 5.78 Å². The van der Waals surface area contributed by atoms with Crippen molar-refractivity contribution in [3.8, 4) is 0 Å². The first-order valence-electron chi connectivity index (χ1n) is 6.13. The van der Waals surface area contributed by atoms with Crippen LogP contribution in [0.5, 0.6) is 0 Å². The molecule has 4 heteroatoms. The minimum atomic E-state index is -0.807. The maximum absolute atomic E-state index is 11.8. The van der Waals surface area contributed by atoms with Crippen molar-refractivity contribution in [1.29, 1.82) is 0 Å². The monoisotopic (exact) mass is 266 g/mol. The molecule has 1 aliphatic carbocycles. The van der Waals surface area contributed by atoms with Gasteiger partial charge in [0.15, 0.2) is 0 Å². The highest BCUT2D eigenvalue weighted by atomic mass is 35.5. The molecule has 0 unspecified atom stereocenters. The second-order valence-electron chi connectivity index (χ2n) is 4.44. The highest BCUT2D eigenvalue weighted by Crippen LogP contribution is 2.25. The predicted molar refractivity (Wildman–Crippen MR) is 68.8 cm³/mol. The van der Waals surface area contributed by atoms with E-state index in [1.807, 2.05) is 0 Å². The highest BCUT2D eigenvalue weighted by molar-refractivity contribution is 6.40. The SMILES string of the molecule is O=C(O[C@H]1CCCC[C@H]1Cl)C(=O)c1ccccc1. The standard InChI is InChI=1S/C14H15ClO3/c15-11-8-4-5-9-12(11)18-14(17)13(16)10-6-2-1-3-7-10/h1-3,6-7,11-12H,4-5,8-9H2/t11-,12+/m1/s1. The smallest absolute Gasteiger partial charge is 0.379 e. The summed E-state index contributed by atoms with van der Waals surface area (Å²) in [5.41, 5.74) is 0.351. The number of ether oxygens (including phenoxy) is 1. The van der Waals surface area contributed by atoms with Gasteiger partial charge in [-0.05, 0) is 19.3 Å². The van der Waals surface area contributed by atoms with Crippen LogP contribution in [0, 0.1) is 0 Å². The van der Waals surface area contributed by atoms with Gasteiger partial charge in [0.1, 0.15) is 6.10 Å². The van der Waals surface area contributed by atoms with Crippen molar-refractivity contribution in [3.05, 3.63) is 35.9 Å². The summed E-state index contributed by atoms with van der Waals surface area (Å²) >= 11 is 6.09. The molecule has 96 valence electrons. The van der Waals surface area contributed by atoms with Crippen LogP contribution in [0.25, 0.3) is 0 Å². The van der Waals surface area contributed by atoms with Crippen LogP contribution in [0.15, 0.2) is 30.3 Å². The summed E-state index contributed by atoms with van der Waals surface area (Å²) in [7, 11) is 0. The zero-order valence-corrected chi connectivity index (χ0v) is 10.7. The Hall–Kier alpha value is -1.35. The van der Waals surface area contributed by atoms with Crippen LogP contribution in [-0.2, 0) is 9.53 Å². The Morgan fingerprint density at radius 2 is 1.78 bits per heavy atom. The third-order valence-corrected chi connectivity index (χ3v) is 3.60. The quantitative estimate of drug-likeness (QED) is 0.366. The number of benzene rings is 1. The molecular formula is C14H15ClO3. The molecule has 0 aromatic heterocycles. The van der Waals surface area contributed by atoms with E-state index in [4.69, 9.17) is 16.3 Å². The molecule has 1 saturated carbocycles. The van der Waals surface area contributed by atoms with Gasteiger partial charge < -0.3 is 4.74 Å². The molecule has 0 aliphatic heterocycles. The maximum Gasteiger partial charge on any atom is 0.379 e. The number of hydrogen-bond acceptors (Lipinski definition) is 3. The molecule has 0 radical (unpaired) electrons. The lowest BCUT2D eigenvalue weighted by Crippen LogP contribution is -2.33. The van der Waals surface area contributed by atoms with E-state index < -0.39 is 11.8 Å². The minimum Gasteiger partial charge on any atom is -0.455 e. The van der Waals surface area contributed by atoms with Gasteiger partial charge in [-0.15, -0.1) is 11.6 Å². The number of alkyl halides is 1. The molecule has 1 aromatic rings. The van der Waals surface area contributed by atoms with Crippen LogP contribution in [0.3, 0.4) is 0 Å². The fraction of sp³-hybridized carbons (Fsp3) is 0.429. The molecule has 18 heavy (non-hydrogen) atoms. The lowest BCUT2D eigenvalue weighted by Gasteiger charge is -2.26. The molecule has 2 rings (SSSR count). The maximum atomic E-state index is 11.8. The molecule has 0 bridgehead atoms. The third-order valence-electron chi connectivity index (χ3n) is 3.10. The van der Waals surface area contributed by atoms with Gasteiger partial charge in [0.05, 0.1) is 5.38 Å². The Bertz CT molecular complexity index is 430. The Kier molecular flexibility index (Phi) is 4.37. The van der Waals surface area contributed by atoms with Crippen LogP contribution >= 0.6 is 11.6 Å². The number of hydrogen-bond donors (Lipinski definition) is 0. The molecule has 0 spiro atoms. The molecule has 1 aromatic carbocycles. The van der Waals surface area contributed by atoms with Crippen molar-refractivity contribution in [2.24, 2.45) is 0 Å². The molecule has 1 fully saturated rings. The number of rotatable bonds is 3. The number of carbonyl (C=O) groups is 2. The first kappa shape index (κ1) is 13.1. The van der Waals surface area contributed by atoms with Gasteiger partial charge in [-0.3, -0.25) is 4.79 Å². The van der Waals surface area contributed by atoms with Crippen molar-refractivity contribution in [2.75, 3.05) is 0 Å². The lowest BCUT2D eigenvalue weighted by molar-refractivity contribution is -0.144. The van der Waals surface area contributed by atoms with E-state index in [2.05, 4.69) is 0 Å². The van der Waals surface area contributed by atoms with Crippen LogP contribution in [0.2, 0.25) is 0 Å². The average molecular weight is 267 g/mol. The number of ketones is 1. The number of Topliss-reactive ketones (excluding diaryl/α,β-unsaturated/α-hetero) is 1. The molecule has 1 aliphatic rings. The summed E-state index contributed by atoms with van der Waals surface area (Å²) < 4.78 is 5.20. The predicted octanol–water partition coefficient (Wildman–Crippen LogP) is 2.96. The molecule has 3 nitrogen and oxygen atoms in total. The van der Waals surface area contributed by atoms with Gasteiger partial charge in [-0.25, -0.2) is 4.79 Å². The summed E-state index contributed by atoms with van der Waals surface area (Å²) in [4.78, 5) is 23.5. The second-order valence-corrected chi connectivity index (χ2v) is 5.00. The summed E-state index contributed by atoms with van der Waals surface area (Å²) in [5, 5.41) is -0.175. The molecule has 2 atom stereocenters. The lowest BCUT2D eigenvalue weighted by atomic mass is 9.97. The van der Waals surface area contributed by atoms with E-state index in [0.29, 0.717) is 5.56 Å². The number of carbonyl (C=O) groups excluding carboxylic acids is 2. The van der Waals surface area contributed by atoms with E-state index in [1.54, 1.807) is 30.3 Å². The molecule has 0 N–H and O–H groups in total. The molecule has 0 amide bonds. The summed E-state index contributed by atoms with van der Waals surface area (Å²) in [6.07, 6.45) is 3.27. The Balaban J connectivity index is 1.97. The second kappa shape index (κ2) is 6.01. The average Bonchev–Trinajstić information content (AvgIpc) is 2.41. The molecule has 0 saturated heterocycles. The first-order chi connectivity index (χ1) is 8.68. The van der Waals surface area contributed by atoms with E-state index in [9.17, 15) is 9.59 Å². The fourth-order valence-corrected chi connectivity index (χ4v) is 2.41. The van der Waals surface area contributed by atoms with E-state index in [-0.39, 0.29) is 11.5 Å². The Labute approximate surface area is 111 Å². The molecular weight excluding hydrogens is 252 g/mol. The van der Waals surface area contributed by atoms with Crippen LogP contribution in [0.4, 0.5) is 0 Å². The van der Waals surface area contributed by atoms with E-state index >= 15 is 0 Å². The van der Waals surface area contributed by atoms with Crippen molar-refractivity contribution in [3.63, 3.8) is 0 Å². The van der Waals surface area contributed by atoms with E-state index in [1.165, 1.54) is 0 Å². The summed E-state index contributed by atoms with van der Waals surface area (Å²) in [5.74, 6) is -1.41. The van der Waals surface area contributed by atoms with Crippen molar-refractivity contribution >= 4 is 23.4 Å². The van der Waals surface area contributed by atoms with Gasteiger partial charge in [0, 0.05) is 5.56 Å². The van der Waals surface area contributed by atoms with Crippen molar-refractivity contribution in [1.82, 2.24) is 0 Å². The largest absolute Gasteiger partial charge is 0.455 e. The summed E-state index contributed by atoms with van der Waals surface area (Å²) in [6.45, 7) is 0. The highest BCUT2D eigenvalue weighted by Gasteiger charge is 2.29. The van der Waals surface area contributed by atoms with Crippen molar-refractivity contribution in [2.45, 2.75) is 37.2 Å². The van der Waals surface area contributed by atoms with Gasteiger partial charge in [-0.1, -0.05) is 36.8 Å². The summed E-state index contributed by atoms with van der Waals surface area (Å²) in [6, 6.07) is 8.42. The zero-order valence-electron chi connectivity index (χ0n) is 9.97. The van der Waals surface area contributed by atoms with Gasteiger partial charge in [0.2, 0.25) is 0 Å². The fourth-order valence-electron chi connectivity index (χ4n) is 2.08. The van der Waals surface area contributed by atoms with Crippen molar-refractivity contribution < 1.29 is 14.3 Å². The topological polar surface area (TPSA) is 43.4 Å². The third kappa shape index (κ3) is 3.10.